The summed E-state index contributed by atoms with van der Waals surface area (Å²) in [6.07, 6.45) is -1.54. The highest BCUT2D eigenvalue weighted by atomic mass is 35.5. The number of anilines is 1. The van der Waals surface area contributed by atoms with Crippen LogP contribution in [0.5, 0.6) is 0 Å². The third-order valence-corrected chi connectivity index (χ3v) is 6.34. The number of urea groups is 1. The van der Waals surface area contributed by atoms with E-state index in [1.54, 1.807) is 0 Å². The van der Waals surface area contributed by atoms with Crippen molar-refractivity contribution in [1.29, 1.82) is 0 Å². The van der Waals surface area contributed by atoms with Gasteiger partial charge in [-0.3, -0.25) is 4.79 Å². The minimum absolute atomic E-state index is 0. The molecule has 3 rings (SSSR count). The highest BCUT2D eigenvalue weighted by Crippen LogP contribution is 2.36. The maximum absolute atomic E-state index is 14.0. The zero-order valence-corrected chi connectivity index (χ0v) is 19.7. The van der Waals surface area contributed by atoms with Crippen molar-refractivity contribution < 1.29 is 31.9 Å². The molecule has 2 aliphatic rings. The molecular weight excluding hydrogens is 482 g/mol. The first kappa shape index (κ1) is 28.1. The normalized spacial score (nSPS) is 26.9. The number of rotatable bonds is 7. The third kappa shape index (κ3) is 6.70. The summed E-state index contributed by atoms with van der Waals surface area (Å²) in [6, 6.07) is -1.50. The van der Waals surface area contributed by atoms with Crippen LogP contribution in [0.1, 0.15) is 44.2 Å². The second-order valence-corrected chi connectivity index (χ2v) is 8.91. The Morgan fingerprint density at radius 2 is 2.06 bits per heavy atom. The SMILES string of the molecule is COC[C@H](c1ccnc(NC(=O)C(N)C2CCC(C)(F)CC2)c1)N1C[C@@H](C(F)(F)F)NC1=O.Cl. The van der Waals surface area contributed by atoms with Gasteiger partial charge in [-0.25, -0.2) is 14.2 Å². The number of carbonyl (C=O) groups is 2. The average molecular weight is 512 g/mol. The Morgan fingerprint density at radius 1 is 1.41 bits per heavy atom. The van der Waals surface area contributed by atoms with Crippen LogP contribution in [0.25, 0.3) is 0 Å². The summed E-state index contributed by atoms with van der Waals surface area (Å²) >= 11 is 0. The van der Waals surface area contributed by atoms with Crippen molar-refractivity contribution in [3.8, 4) is 0 Å². The molecule has 1 saturated carbocycles. The Bertz CT molecular complexity index is 863. The summed E-state index contributed by atoms with van der Waals surface area (Å²) in [4.78, 5) is 30.0. The Hall–Kier alpha value is -2.18. The van der Waals surface area contributed by atoms with Crippen molar-refractivity contribution in [3.63, 3.8) is 0 Å². The van der Waals surface area contributed by atoms with E-state index in [1.807, 2.05) is 5.32 Å². The minimum atomic E-state index is -4.58. The van der Waals surface area contributed by atoms with E-state index in [9.17, 15) is 27.2 Å². The van der Waals surface area contributed by atoms with Crippen LogP contribution in [0.15, 0.2) is 18.3 Å². The predicted molar refractivity (Wildman–Crippen MR) is 119 cm³/mol. The minimum Gasteiger partial charge on any atom is -0.382 e. The van der Waals surface area contributed by atoms with E-state index in [0.29, 0.717) is 31.2 Å². The van der Waals surface area contributed by atoms with E-state index in [-0.39, 0.29) is 30.7 Å². The molecule has 2 heterocycles. The Kier molecular flexibility index (Phi) is 9.11. The van der Waals surface area contributed by atoms with Gasteiger partial charge in [0.05, 0.1) is 25.2 Å². The smallest absolute Gasteiger partial charge is 0.382 e. The van der Waals surface area contributed by atoms with Gasteiger partial charge < -0.3 is 26.0 Å². The van der Waals surface area contributed by atoms with Crippen LogP contribution in [0.4, 0.5) is 28.2 Å². The van der Waals surface area contributed by atoms with Crippen molar-refractivity contribution in [2.75, 3.05) is 25.6 Å². The number of amides is 3. The predicted octanol–water partition coefficient (Wildman–Crippen LogP) is 3.33. The maximum Gasteiger partial charge on any atom is 0.410 e. The molecule has 3 amide bonds. The first-order chi connectivity index (χ1) is 15.4. The number of aromatic nitrogens is 1. The molecule has 8 nitrogen and oxygen atoms in total. The van der Waals surface area contributed by atoms with E-state index in [1.165, 1.54) is 32.4 Å². The standard InChI is InChI=1S/C21H29F4N5O3.ClH/c1-20(22)6-3-12(4-7-20)17(26)18(31)29-16-9-13(5-8-27-16)14(11-33-2)30-10-15(21(23,24)25)28-19(30)32;/h5,8-9,12,14-15,17H,3-4,6-7,10-11,26H2,1-2H3,(H,28,32)(H,27,29,31);1H/t12?,14-,15+,17?,20?;/m1./s1. The van der Waals surface area contributed by atoms with Gasteiger partial charge in [-0.2, -0.15) is 13.2 Å². The summed E-state index contributed by atoms with van der Waals surface area (Å²) in [7, 11) is 1.37. The molecule has 13 heteroatoms. The van der Waals surface area contributed by atoms with E-state index in [2.05, 4.69) is 10.3 Å². The van der Waals surface area contributed by atoms with Crippen LogP contribution < -0.4 is 16.4 Å². The molecule has 1 saturated heterocycles. The molecule has 1 aliphatic heterocycles. The highest BCUT2D eigenvalue weighted by molar-refractivity contribution is 5.94. The number of alkyl halides is 4. The fourth-order valence-electron chi connectivity index (χ4n) is 4.28. The summed E-state index contributed by atoms with van der Waals surface area (Å²) < 4.78 is 58.4. The van der Waals surface area contributed by atoms with Gasteiger partial charge in [0.2, 0.25) is 5.91 Å². The van der Waals surface area contributed by atoms with Crippen LogP contribution in [0.2, 0.25) is 0 Å². The van der Waals surface area contributed by atoms with Gasteiger partial charge >= 0.3 is 12.2 Å². The van der Waals surface area contributed by atoms with Crippen molar-refractivity contribution in [3.05, 3.63) is 23.9 Å². The largest absolute Gasteiger partial charge is 0.410 e. The summed E-state index contributed by atoms with van der Waals surface area (Å²) in [5.74, 6) is -0.496. The first-order valence-corrected chi connectivity index (χ1v) is 10.8. The molecule has 1 unspecified atom stereocenters. The first-order valence-electron chi connectivity index (χ1n) is 10.8. The molecule has 0 spiro atoms. The van der Waals surface area contributed by atoms with Gasteiger partial charge in [-0.15, -0.1) is 12.4 Å². The Labute approximate surface area is 201 Å². The molecular formula is C21H30ClF4N5O3. The molecule has 34 heavy (non-hydrogen) atoms. The topological polar surface area (TPSA) is 110 Å². The zero-order chi connectivity index (χ0) is 24.4. The second kappa shape index (κ2) is 11.0. The number of nitrogens with one attached hydrogen (secondary N) is 2. The summed E-state index contributed by atoms with van der Waals surface area (Å²) in [5, 5.41) is 4.56. The molecule has 0 aromatic carbocycles. The zero-order valence-electron chi connectivity index (χ0n) is 18.9. The fraction of sp³-hybridized carbons (Fsp3) is 0.667. The van der Waals surface area contributed by atoms with Crippen molar-refractivity contribution >= 4 is 30.2 Å². The van der Waals surface area contributed by atoms with Gasteiger partial charge in [0.25, 0.3) is 0 Å². The number of hydrogen-bond donors (Lipinski definition) is 3. The number of carbonyl (C=O) groups excluding carboxylic acids is 2. The highest BCUT2D eigenvalue weighted by Gasteiger charge is 2.48. The molecule has 3 atom stereocenters. The van der Waals surface area contributed by atoms with E-state index >= 15 is 0 Å². The number of halogens is 5. The average Bonchev–Trinajstić information content (AvgIpc) is 3.13. The third-order valence-electron chi connectivity index (χ3n) is 6.34. The van der Waals surface area contributed by atoms with E-state index < -0.39 is 48.5 Å². The van der Waals surface area contributed by atoms with Gasteiger partial charge in [0.1, 0.15) is 17.5 Å². The molecule has 1 aromatic heterocycles. The molecule has 2 fully saturated rings. The van der Waals surface area contributed by atoms with Gasteiger partial charge in [-0.05, 0) is 56.2 Å². The summed E-state index contributed by atoms with van der Waals surface area (Å²) in [5.41, 5.74) is 5.30. The van der Waals surface area contributed by atoms with Gasteiger partial charge in [0, 0.05) is 13.3 Å². The number of ether oxygens (including phenoxy) is 1. The summed E-state index contributed by atoms with van der Waals surface area (Å²) in [6.45, 7) is 0.914. The fourth-order valence-corrected chi connectivity index (χ4v) is 4.28. The van der Waals surface area contributed by atoms with Crippen LogP contribution >= 0.6 is 12.4 Å². The van der Waals surface area contributed by atoms with E-state index in [4.69, 9.17) is 10.5 Å². The number of methoxy groups -OCH3 is 1. The molecule has 4 N–H and O–H groups in total. The van der Waals surface area contributed by atoms with Gasteiger partial charge in [0.15, 0.2) is 0 Å². The van der Waals surface area contributed by atoms with Crippen molar-refractivity contribution in [2.45, 2.75) is 62.6 Å². The molecule has 192 valence electrons. The number of hydrogen-bond acceptors (Lipinski definition) is 5. The quantitative estimate of drug-likeness (QED) is 0.486. The monoisotopic (exact) mass is 511 g/mol. The molecule has 0 bridgehead atoms. The maximum atomic E-state index is 14.0. The van der Waals surface area contributed by atoms with Crippen molar-refractivity contribution in [2.24, 2.45) is 11.7 Å². The van der Waals surface area contributed by atoms with E-state index in [0.717, 1.165) is 4.90 Å². The van der Waals surface area contributed by atoms with Crippen LogP contribution in [0, 0.1) is 5.92 Å². The Morgan fingerprint density at radius 3 is 2.62 bits per heavy atom. The number of nitrogens with zero attached hydrogens (tertiary/aromatic N) is 2. The number of nitrogens with two attached hydrogens (primary N) is 1. The van der Waals surface area contributed by atoms with Crippen LogP contribution in [-0.4, -0.2) is 66.0 Å². The van der Waals surface area contributed by atoms with Crippen molar-refractivity contribution in [1.82, 2.24) is 15.2 Å². The van der Waals surface area contributed by atoms with Crippen LogP contribution in [0.3, 0.4) is 0 Å². The van der Waals surface area contributed by atoms with Crippen LogP contribution in [-0.2, 0) is 9.53 Å². The molecule has 0 radical (unpaired) electrons. The molecule has 1 aliphatic carbocycles. The lowest BCUT2D eigenvalue weighted by molar-refractivity contribution is -0.150. The second-order valence-electron chi connectivity index (χ2n) is 8.91. The Balaban J connectivity index is 0.00000408. The van der Waals surface area contributed by atoms with Gasteiger partial charge in [-0.1, -0.05) is 0 Å². The lowest BCUT2D eigenvalue weighted by atomic mass is 9.77. The number of pyridine rings is 1. The lowest BCUT2D eigenvalue weighted by Crippen LogP contribution is -2.44. The molecule has 1 aromatic rings. The lowest BCUT2D eigenvalue weighted by Gasteiger charge is -2.33.